The van der Waals surface area contributed by atoms with Crippen molar-refractivity contribution in [2.24, 2.45) is 0 Å². The van der Waals surface area contributed by atoms with Gasteiger partial charge in [0.05, 0.1) is 22.8 Å². The molecule has 0 aliphatic carbocycles. The van der Waals surface area contributed by atoms with Crippen molar-refractivity contribution in [3.8, 4) is 101 Å². The number of nitrogens with zero attached hydrogens (tertiary/aromatic N) is 3. The lowest BCUT2D eigenvalue weighted by Gasteiger charge is -2.23. The van der Waals surface area contributed by atoms with Gasteiger partial charge < -0.3 is 0 Å². The fraction of sp³-hybridized carbons (Fsp3) is 0. The molecule has 0 bridgehead atoms. The van der Waals surface area contributed by atoms with E-state index in [0.29, 0.717) is 5.82 Å². The van der Waals surface area contributed by atoms with Gasteiger partial charge in [0.1, 0.15) is 0 Å². The second kappa shape index (κ2) is 17.4. The van der Waals surface area contributed by atoms with E-state index in [0.717, 1.165) is 84.0 Å². The molecule has 0 saturated heterocycles. The number of hydrogen-bond donors (Lipinski definition) is 0. The first-order valence-corrected chi connectivity index (χ1v) is 23.4. The van der Waals surface area contributed by atoms with Crippen LogP contribution >= 0.6 is 11.3 Å². The van der Waals surface area contributed by atoms with E-state index in [4.69, 9.17) is 15.0 Å². The van der Waals surface area contributed by atoms with Gasteiger partial charge in [-0.1, -0.05) is 237 Å². The number of fused-ring (bicyclic) bond motifs is 3. The Hall–Kier alpha value is -8.57. The molecular formula is C63H41N3S. The monoisotopic (exact) mass is 871 g/mol. The molecule has 67 heavy (non-hydrogen) atoms. The van der Waals surface area contributed by atoms with Crippen LogP contribution in [0.25, 0.3) is 121 Å². The van der Waals surface area contributed by atoms with Crippen LogP contribution in [0.3, 0.4) is 0 Å². The molecule has 0 N–H and O–H groups in total. The molecule has 0 spiro atoms. The molecule has 0 amide bonds. The molecule has 12 aromatic rings. The predicted octanol–water partition coefficient (Wildman–Crippen LogP) is 17.2. The summed E-state index contributed by atoms with van der Waals surface area (Å²) in [5.74, 6) is 0.665. The van der Waals surface area contributed by atoms with Crippen LogP contribution in [0.5, 0.6) is 0 Å². The van der Waals surface area contributed by atoms with E-state index in [2.05, 4.69) is 243 Å². The van der Waals surface area contributed by atoms with Gasteiger partial charge in [-0.3, -0.25) is 0 Å². The van der Waals surface area contributed by atoms with Gasteiger partial charge in [0.25, 0.3) is 0 Å². The summed E-state index contributed by atoms with van der Waals surface area (Å²) in [5.41, 5.74) is 17.7. The molecule has 0 atom stereocenters. The Labute approximate surface area is 394 Å². The SMILES string of the molecule is c1ccc(-c2cc(-c3ccc(-c4cccc5c4sc4ccccc45)cc3)nc(-c3ccc(-c4c(-c5ccccc5)c(-c5ccccc5)nc(-c5ccccc5)c4-c4ccccc4)cc3)n2)cc1. The van der Waals surface area contributed by atoms with Crippen LogP contribution in [0.4, 0.5) is 0 Å². The maximum absolute atomic E-state index is 5.62. The summed E-state index contributed by atoms with van der Waals surface area (Å²) >= 11 is 1.86. The zero-order valence-electron chi connectivity index (χ0n) is 36.4. The van der Waals surface area contributed by atoms with E-state index in [-0.39, 0.29) is 0 Å². The maximum Gasteiger partial charge on any atom is 0.160 e. The summed E-state index contributed by atoms with van der Waals surface area (Å²) in [6, 6.07) is 87.9. The molecule has 3 heterocycles. The highest BCUT2D eigenvalue weighted by molar-refractivity contribution is 7.26. The van der Waals surface area contributed by atoms with E-state index in [1.807, 2.05) is 17.4 Å². The molecule has 12 rings (SSSR count). The first-order valence-electron chi connectivity index (χ1n) is 22.6. The Bertz CT molecular complexity index is 3580. The summed E-state index contributed by atoms with van der Waals surface area (Å²) in [5, 5.41) is 2.60. The molecule has 0 unspecified atom stereocenters. The molecule has 0 aliphatic rings. The van der Waals surface area contributed by atoms with Gasteiger partial charge >= 0.3 is 0 Å². The zero-order valence-corrected chi connectivity index (χ0v) is 37.2. The van der Waals surface area contributed by atoms with E-state index >= 15 is 0 Å². The van der Waals surface area contributed by atoms with Crippen LogP contribution in [-0.4, -0.2) is 15.0 Å². The van der Waals surface area contributed by atoms with Gasteiger partial charge in [-0.15, -0.1) is 11.3 Å². The third-order valence-electron chi connectivity index (χ3n) is 12.5. The standard InChI is InChI=1S/C63H41N3S/c1-6-19-43(20-7-1)54-41-55(44-35-33-42(34-36-44)51-30-18-31-53-52-29-16-17-32-56(52)67-62(51)53)65-63(64-54)50-39-37-47(38-40-50)57-58(45-21-8-2-9-22-45)60(48-25-12-4-13-26-48)66-61(49-27-14-5-15-28-49)59(57)46-23-10-3-11-24-46/h1-41H. The summed E-state index contributed by atoms with van der Waals surface area (Å²) in [6.07, 6.45) is 0. The minimum absolute atomic E-state index is 0.665. The van der Waals surface area contributed by atoms with Crippen LogP contribution < -0.4 is 0 Å². The Morgan fingerprint density at radius 3 is 1.22 bits per heavy atom. The smallest absolute Gasteiger partial charge is 0.160 e. The van der Waals surface area contributed by atoms with Gasteiger partial charge in [0.15, 0.2) is 5.82 Å². The van der Waals surface area contributed by atoms with E-state index in [1.165, 1.54) is 31.3 Å². The highest BCUT2D eigenvalue weighted by Gasteiger charge is 2.25. The molecule has 314 valence electrons. The Kier molecular flexibility index (Phi) is 10.4. The van der Waals surface area contributed by atoms with Gasteiger partial charge in [-0.25, -0.2) is 15.0 Å². The quantitative estimate of drug-likeness (QED) is 0.145. The van der Waals surface area contributed by atoms with E-state index < -0.39 is 0 Å². The summed E-state index contributed by atoms with van der Waals surface area (Å²) < 4.78 is 2.61. The Balaban J connectivity index is 1.02. The van der Waals surface area contributed by atoms with Crippen molar-refractivity contribution in [2.45, 2.75) is 0 Å². The van der Waals surface area contributed by atoms with Gasteiger partial charge in [0.2, 0.25) is 0 Å². The van der Waals surface area contributed by atoms with Gasteiger partial charge in [0, 0.05) is 64.7 Å². The molecular weight excluding hydrogens is 831 g/mol. The third-order valence-corrected chi connectivity index (χ3v) is 13.8. The fourth-order valence-electron chi connectivity index (χ4n) is 9.32. The van der Waals surface area contributed by atoms with Crippen LogP contribution in [-0.2, 0) is 0 Å². The predicted molar refractivity (Wildman–Crippen MR) is 282 cm³/mol. The second-order valence-corrected chi connectivity index (χ2v) is 17.7. The second-order valence-electron chi connectivity index (χ2n) is 16.7. The lowest BCUT2D eigenvalue weighted by Crippen LogP contribution is -2.01. The van der Waals surface area contributed by atoms with Crippen LogP contribution in [0.15, 0.2) is 249 Å². The third kappa shape index (κ3) is 7.59. The maximum atomic E-state index is 5.62. The normalized spacial score (nSPS) is 11.3. The summed E-state index contributed by atoms with van der Waals surface area (Å²) in [7, 11) is 0. The average molecular weight is 872 g/mol. The number of benzene rings is 9. The molecule has 0 fully saturated rings. The van der Waals surface area contributed by atoms with Crippen molar-refractivity contribution in [1.82, 2.24) is 15.0 Å². The van der Waals surface area contributed by atoms with Crippen molar-refractivity contribution in [3.05, 3.63) is 249 Å². The summed E-state index contributed by atoms with van der Waals surface area (Å²) in [6.45, 7) is 0. The van der Waals surface area contributed by atoms with Crippen molar-refractivity contribution < 1.29 is 0 Å². The van der Waals surface area contributed by atoms with Crippen molar-refractivity contribution >= 4 is 31.5 Å². The molecule has 0 aliphatic heterocycles. The van der Waals surface area contributed by atoms with E-state index in [9.17, 15) is 0 Å². The molecule has 0 saturated carbocycles. The minimum Gasteiger partial charge on any atom is -0.246 e. The zero-order chi connectivity index (χ0) is 44.5. The molecule has 3 aromatic heterocycles. The minimum atomic E-state index is 0.665. The molecule has 0 radical (unpaired) electrons. The van der Waals surface area contributed by atoms with E-state index in [1.54, 1.807) is 0 Å². The first kappa shape index (κ1) is 40.0. The first-order chi connectivity index (χ1) is 33.2. The van der Waals surface area contributed by atoms with Gasteiger partial charge in [-0.05, 0) is 39.9 Å². The fourth-order valence-corrected chi connectivity index (χ4v) is 10.6. The van der Waals surface area contributed by atoms with Crippen LogP contribution in [0, 0.1) is 0 Å². The number of aromatic nitrogens is 3. The lowest BCUT2D eigenvalue weighted by molar-refractivity contribution is 1.18. The number of pyridine rings is 1. The average Bonchev–Trinajstić information content (AvgIpc) is 3.81. The Morgan fingerprint density at radius 1 is 0.269 bits per heavy atom. The topological polar surface area (TPSA) is 38.7 Å². The van der Waals surface area contributed by atoms with Gasteiger partial charge in [-0.2, -0.15) is 0 Å². The van der Waals surface area contributed by atoms with Crippen LogP contribution in [0.1, 0.15) is 0 Å². The summed E-state index contributed by atoms with van der Waals surface area (Å²) in [4.78, 5) is 16.2. The molecule has 3 nitrogen and oxygen atoms in total. The number of thiophene rings is 1. The largest absolute Gasteiger partial charge is 0.246 e. The number of rotatable bonds is 9. The highest BCUT2D eigenvalue weighted by Crippen LogP contribution is 2.49. The van der Waals surface area contributed by atoms with Crippen molar-refractivity contribution in [3.63, 3.8) is 0 Å². The number of hydrogen-bond acceptors (Lipinski definition) is 4. The highest BCUT2D eigenvalue weighted by atomic mass is 32.1. The Morgan fingerprint density at radius 2 is 0.672 bits per heavy atom. The molecule has 4 heteroatoms. The van der Waals surface area contributed by atoms with Crippen molar-refractivity contribution in [2.75, 3.05) is 0 Å². The molecule has 9 aromatic carbocycles. The lowest BCUT2D eigenvalue weighted by atomic mass is 9.83. The van der Waals surface area contributed by atoms with Crippen molar-refractivity contribution in [1.29, 1.82) is 0 Å². The van der Waals surface area contributed by atoms with Crippen LogP contribution in [0.2, 0.25) is 0 Å².